The largest absolute Gasteiger partial charge is 0.364 e. The van der Waals surface area contributed by atoms with Gasteiger partial charge in [0, 0.05) is 12.6 Å². The minimum absolute atomic E-state index is 0.0793. The smallest absolute Gasteiger partial charge is 0.142 e. The van der Waals surface area contributed by atoms with Crippen LogP contribution < -0.4 is 5.32 Å². The van der Waals surface area contributed by atoms with Crippen molar-refractivity contribution in [3.63, 3.8) is 0 Å². The molecule has 1 aromatic heterocycles. The lowest BCUT2D eigenvalue weighted by Crippen LogP contribution is -2.36. The Hall–Kier alpha value is -1.50. The first-order valence-electron chi connectivity index (χ1n) is 6.28. The molecule has 1 heterocycles. The van der Waals surface area contributed by atoms with E-state index in [2.05, 4.69) is 51.1 Å². The van der Waals surface area contributed by atoms with Crippen molar-refractivity contribution in [3.05, 3.63) is 11.3 Å². The molecule has 4 nitrogen and oxygen atoms in total. The summed E-state index contributed by atoms with van der Waals surface area (Å²) in [5.74, 6) is 0.809. The molecule has 0 saturated heterocycles. The number of nitrogens with zero attached hydrogens (tertiary/aromatic N) is 3. The third-order valence-corrected chi connectivity index (χ3v) is 2.76. The first-order valence-corrected chi connectivity index (χ1v) is 6.28. The van der Waals surface area contributed by atoms with Crippen molar-refractivity contribution in [1.29, 1.82) is 5.26 Å². The van der Waals surface area contributed by atoms with E-state index in [0.717, 1.165) is 17.9 Å². The predicted octanol–water partition coefficient (Wildman–Crippen LogP) is 3.23. The van der Waals surface area contributed by atoms with E-state index in [0.29, 0.717) is 5.56 Å². The van der Waals surface area contributed by atoms with Crippen LogP contribution in [0.5, 0.6) is 0 Å². The van der Waals surface area contributed by atoms with Crippen molar-refractivity contribution in [2.45, 2.75) is 53.5 Å². The van der Waals surface area contributed by atoms with E-state index in [1.54, 1.807) is 4.68 Å². The Balaban J connectivity index is 3.01. The molecule has 4 heteroatoms. The Morgan fingerprint density at radius 3 is 2.28 bits per heavy atom. The van der Waals surface area contributed by atoms with Gasteiger partial charge in [-0.15, -0.1) is 0 Å². The van der Waals surface area contributed by atoms with Crippen LogP contribution in [0, 0.1) is 23.7 Å². The summed E-state index contributed by atoms with van der Waals surface area (Å²) in [5, 5.41) is 17.0. The standard InChI is InChI=1S/C14H24N4/c1-10-11(8-15)12(18(7)17-10)16-14(5,6)9-13(2,3)4/h16H,9H2,1-7H3. The first-order chi connectivity index (χ1) is 8.06. The van der Waals surface area contributed by atoms with Crippen LogP contribution in [0.25, 0.3) is 0 Å². The molecule has 1 N–H and O–H groups in total. The van der Waals surface area contributed by atoms with Gasteiger partial charge in [0.1, 0.15) is 17.5 Å². The van der Waals surface area contributed by atoms with E-state index in [9.17, 15) is 5.26 Å². The van der Waals surface area contributed by atoms with Crippen LogP contribution >= 0.6 is 0 Å². The Morgan fingerprint density at radius 1 is 1.28 bits per heavy atom. The minimum atomic E-state index is -0.0793. The van der Waals surface area contributed by atoms with Gasteiger partial charge in [-0.1, -0.05) is 20.8 Å². The lowest BCUT2D eigenvalue weighted by Gasteiger charge is -2.34. The highest BCUT2D eigenvalue weighted by Crippen LogP contribution is 2.31. The SMILES string of the molecule is Cc1nn(C)c(NC(C)(C)CC(C)(C)C)c1C#N. The van der Waals surface area contributed by atoms with Crippen LogP contribution in [0.1, 0.15) is 52.3 Å². The summed E-state index contributed by atoms with van der Waals surface area (Å²) in [4.78, 5) is 0. The van der Waals surface area contributed by atoms with Crippen LogP contribution in [0.3, 0.4) is 0 Å². The monoisotopic (exact) mass is 248 g/mol. The third kappa shape index (κ3) is 3.49. The molecule has 1 rings (SSSR count). The quantitative estimate of drug-likeness (QED) is 0.893. The van der Waals surface area contributed by atoms with Crippen LogP contribution in [0.2, 0.25) is 0 Å². The third-order valence-electron chi connectivity index (χ3n) is 2.76. The van der Waals surface area contributed by atoms with Crippen molar-refractivity contribution < 1.29 is 0 Å². The molecular weight excluding hydrogens is 224 g/mol. The second-order valence-corrected chi connectivity index (χ2v) is 6.79. The zero-order valence-electron chi connectivity index (χ0n) is 12.5. The van der Waals surface area contributed by atoms with E-state index in [-0.39, 0.29) is 11.0 Å². The fourth-order valence-corrected chi connectivity index (χ4v) is 2.63. The average Bonchev–Trinajstić information content (AvgIpc) is 2.36. The van der Waals surface area contributed by atoms with Gasteiger partial charge in [0.2, 0.25) is 0 Å². The maximum Gasteiger partial charge on any atom is 0.142 e. The number of rotatable bonds is 3. The summed E-state index contributed by atoms with van der Waals surface area (Å²) in [6, 6.07) is 2.22. The van der Waals surface area contributed by atoms with E-state index < -0.39 is 0 Å². The van der Waals surface area contributed by atoms with Crippen LogP contribution in [0.4, 0.5) is 5.82 Å². The highest BCUT2D eigenvalue weighted by Gasteiger charge is 2.27. The summed E-state index contributed by atoms with van der Waals surface area (Å²) in [6.45, 7) is 12.8. The predicted molar refractivity (Wildman–Crippen MR) is 74.4 cm³/mol. The molecule has 1 aromatic rings. The van der Waals surface area contributed by atoms with Gasteiger partial charge in [-0.2, -0.15) is 10.4 Å². The van der Waals surface area contributed by atoms with Gasteiger partial charge in [0.25, 0.3) is 0 Å². The lowest BCUT2D eigenvalue weighted by atomic mass is 9.82. The average molecular weight is 248 g/mol. The van der Waals surface area contributed by atoms with Crippen molar-refractivity contribution in [1.82, 2.24) is 9.78 Å². The molecule has 0 atom stereocenters. The Labute approximate surface area is 110 Å². The zero-order chi connectivity index (χ0) is 14.1. The van der Waals surface area contributed by atoms with E-state index in [1.807, 2.05) is 14.0 Å². The van der Waals surface area contributed by atoms with Crippen LogP contribution in [-0.2, 0) is 7.05 Å². The number of nitriles is 1. The van der Waals surface area contributed by atoms with Gasteiger partial charge < -0.3 is 5.32 Å². The molecule has 0 bridgehead atoms. The molecule has 100 valence electrons. The summed E-state index contributed by atoms with van der Waals surface area (Å²) < 4.78 is 1.75. The Kier molecular flexibility index (Phi) is 3.75. The number of aromatic nitrogens is 2. The number of anilines is 1. The van der Waals surface area contributed by atoms with E-state index in [4.69, 9.17) is 0 Å². The number of aryl methyl sites for hydroxylation is 2. The maximum atomic E-state index is 9.20. The highest BCUT2D eigenvalue weighted by atomic mass is 15.3. The molecule has 0 amide bonds. The number of nitrogens with one attached hydrogen (secondary N) is 1. The lowest BCUT2D eigenvalue weighted by molar-refractivity contribution is 0.301. The van der Waals surface area contributed by atoms with E-state index in [1.165, 1.54) is 0 Å². The highest BCUT2D eigenvalue weighted by molar-refractivity contribution is 5.56. The Bertz CT molecular complexity index is 469. The topological polar surface area (TPSA) is 53.6 Å². The van der Waals surface area contributed by atoms with Gasteiger partial charge in [-0.05, 0) is 32.6 Å². The second kappa shape index (κ2) is 4.64. The molecule has 0 unspecified atom stereocenters. The summed E-state index contributed by atoms with van der Waals surface area (Å²) >= 11 is 0. The Morgan fingerprint density at radius 2 is 1.83 bits per heavy atom. The normalized spacial score (nSPS) is 12.3. The van der Waals surface area contributed by atoms with Gasteiger partial charge in [-0.3, -0.25) is 4.68 Å². The van der Waals surface area contributed by atoms with Crippen molar-refractivity contribution >= 4 is 5.82 Å². The van der Waals surface area contributed by atoms with E-state index >= 15 is 0 Å². The number of hydrogen-bond donors (Lipinski definition) is 1. The van der Waals surface area contributed by atoms with Crippen LogP contribution in [-0.4, -0.2) is 15.3 Å². The maximum absolute atomic E-state index is 9.20. The molecule has 0 aliphatic carbocycles. The molecular formula is C14H24N4. The zero-order valence-corrected chi connectivity index (χ0v) is 12.5. The molecule has 18 heavy (non-hydrogen) atoms. The second-order valence-electron chi connectivity index (χ2n) is 6.79. The summed E-state index contributed by atoms with van der Waals surface area (Å²) in [7, 11) is 1.86. The minimum Gasteiger partial charge on any atom is -0.364 e. The summed E-state index contributed by atoms with van der Waals surface area (Å²) in [5.41, 5.74) is 1.56. The molecule has 0 aromatic carbocycles. The molecule has 0 radical (unpaired) electrons. The molecule has 0 saturated carbocycles. The van der Waals surface area contributed by atoms with Crippen LogP contribution in [0.15, 0.2) is 0 Å². The van der Waals surface area contributed by atoms with Gasteiger partial charge in [0.05, 0.1) is 5.69 Å². The van der Waals surface area contributed by atoms with Crippen molar-refractivity contribution in [3.8, 4) is 6.07 Å². The van der Waals surface area contributed by atoms with Gasteiger partial charge in [0.15, 0.2) is 0 Å². The first kappa shape index (κ1) is 14.6. The van der Waals surface area contributed by atoms with Gasteiger partial charge in [-0.25, -0.2) is 0 Å². The molecule has 0 spiro atoms. The molecule has 0 aliphatic rings. The summed E-state index contributed by atoms with van der Waals surface area (Å²) in [6.07, 6.45) is 1.01. The molecule has 0 aliphatic heterocycles. The molecule has 0 fully saturated rings. The fourth-order valence-electron chi connectivity index (χ4n) is 2.63. The van der Waals surface area contributed by atoms with Crippen molar-refractivity contribution in [2.24, 2.45) is 12.5 Å². The van der Waals surface area contributed by atoms with Gasteiger partial charge >= 0.3 is 0 Å². The number of hydrogen-bond acceptors (Lipinski definition) is 3. The fraction of sp³-hybridized carbons (Fsp3) is 0.714. The van der Waals surface area contributed by atoms with Crippen molar-refractivity contribution in [2.75, 3.05) is 5.32 Å².